The topological polar surface area (TPSA) is 57.6 Å². The lowest BCUT2D eigenvalue weighted by atomic mass is 9.79. The molecule has 0 saturated heterocycles. The van der Waals surface area contributed by atoms with E-state index in [9.17, 15) is 14.7 Å². The van der Waals surface area contributed by atoms with Crippen molar-refractivity contribution in [2.24, 2.45) is 0 Å². The molecule has 36 heavy (non-hydrogen) atoms. The average molecular weight is 581 g/mol. The minimum Gasteiger partial charge on any atom is -0.481 e. The number of nitrogens with zero attached hydrogens (tertiary/aromatic N) is 1. The van der Waals surface area contributed by atoms with Gasteiger partial charge in [-0.2, -0.15) is 0 Å². The van der Waals surface area contributed by atoms with Crippen LogP contribution in [0.1, 0.15) is 39.0 Å². The Morgan fingerprint density at radius 2 is 1.53 bits per heavy atom. The molecule has 0 saturated carbocycles. The maximum atomic E-state index is 13.7. The molecule has 4 aromatic carbocycles. The third-order valence-electron chi connectivity index (χ3n) is 6.48. The number of aliphatic carboxylic acids is 1. The van der Waals surface area contributed by atoms with Gasteiger partial charge in [-0.1, -0.05) is 99.8 Å². The van der Waals surface area contributed by atoms with Gasteiger partial charge in [0.15, 0.2) is 0 Å². The van der Waals surface area contributed by atoms with E-state index in [2.05, 4.69) is 15.9 Å². The smallest absolute Gasteiger partial charge is 0.313 e. The maximum absolute atomic E-state index is 13.7. The average Bonchev–Trinajstić information content (AvgIpc) is 2.88. The number of carbonyl (C=O) groups excluding carboxylic acids is 1. The first-order chi connectivity index (χ1) is 17.3. The first-order valence-corrected chi connectivity index (χ1v) is 12.8. The van der Waals surface area contributed by atoms with Gasteiger partial charge < -0.3 is 10.0 Å². The summed E-state index contributed by atoms with van der Waals surface area (Å²) in [5.41, 5.74) is 4.50. The molecule has 5 rings (SSSR count). The molecule has 7 heteroatoms. The standard InChI is InChI=1S/C29H20BrCl2NO3/c30-21-12-9-19(10-13-21)27-26(29(35)36)22-3-1-2-4-23(22)28(34)33(27)16-17-5-7-18(8-6-17)20-11-14-24(31)25(32)15-20/h1-15,26-27H,16H2,(H,35,36). The van der Waals surface area contributed by atoms with Crippen LogP contribution in [-0.2, 0) is 11.3 Å². The lowest BCUT2D eigenvalue weighted by Gasteiger charge is -2.41. The number of halogens is 3. The number of hydrogen-bond acceptors (Lipinski definition) is 2. The molecule has 1 heterocycles. The van der Waals surface area contributed by atoms with Crippen molar-refractivity contribution in [3.63, 3.8) is 0 Å². The zero-order valence-corrected chi connectivity index (χ0v) is 22.0. The molecule has 1 N–H and O–H groups in total. The second-order valence-corrected chi connectivity index (χ2v) is 10.4. The first kappa shape index (κ1) is 24.6. The van der Waals surface area contributed by atoms with Gasteiger partial charge in [-0.05, 0) is 58.1 Å². The van der Waals surface area contributed by atoms with Crippen LogP contribution >= 0.6 is 39.1 Å². The van der Waals surface area contributed by atoms with E-state index in [1.807, 2.05) is 60.7 Å². The highest BCUT2D eigenvalue weighted by atomic mass is 79.9. The van der Waals surface area contributed by atoms with Crippen molar-refractivity contribution in [2.45, 2.75) is 18.5 Å². The molecular weight excluding hydrogens is 561 g/mol. The highest BCUT2D eigenvalue weighted by Gasteiger charge is 2.44. The molecule has 2 atom stereocenters. The number of amides is 1. The number of rotatable bonds is 5. The molecule has 1 amide bonds. The van der Waals surface area contributed by atoms with E-state index in [0.29, 0.717) is 21.2 Å². The molecule has 0 aliphatic carbocycles. The van der Waals surface area contributed by atoms with Crippen molar-refractivity contribution in [3.8, 4) is 11.1 Å². The summed E-state index contributed by atoms with van der Waals surface area (Å²) in [5, 5.41) is 11.3. The minimum atomic E-state index is -0.970. The van der Waals surface area contributed by atoms with Gasteiger partial charge in [0.2, 0.25) is 0 Å². The Bertz CT molecular complexity index is 1450. The zero-order valence-electron chi connectivity index (χ0n) is 18.9. The van der Waals surface area contributed by atoms with Gasteiger partial charge in [0.05, 0.1) is 16.1 Å². The van der Waals surface area contributed by atoms with Crippen molar-refractivity contribution in [3.05, 3.63) is 128 Å². The van der Waals surface area contributed by atoms with Crippen LogP contribution in [0, 0.1) is 0 Å². The first-order valence-electron chi connectivity index (χ1n) is 11.3. The third kappa shape index (κ3) is 4.66. The van der Waals surface area contributed by atoms with Gasteiger partial charge in [-0.15, -0.1) is 0 Å². The van der Waals surface area contributed by atoms with E-state index in [0.717, 1.165) is 26.7 Å². The predicted octanol–water partition coefficient (Wildman–Crippen LogP) is 7.99. The Morgan fingerprint density at radius 1 is 0.861 bits per heavy atom. The molecule has 1 aliphatic rings. The highest BCUT2D eigenvalue weighted by molar-refractivity contribution is 9.10. The largest absolute Gasteiger partial charge is 0.481 e. The number of fused-ring (bicyclic) bond motifs is 1. The Hall–Kier alpha value is -3.12. The molecule has 180 valence electrons. The van der Waals surface area contributed by atoms with Crippen molar-refractivity contribution >= 4 is 51.0 Å². The number of carboxylic acid groups (broad SMARTS) is 1. The summed E-state index contributed by atoms with van der Waals surface area (Å²) in [4.78, 5) is 27.9. The second-order valence-electron chi connectivity index (χ2n) is 8.66. The Balaban J connectivity index is 1.54. The lowest BCUT2D eigenvalue weighted by Crippen LogP contribution is -2.44. The van der Waals surface area contributed by atoms with E-state index in [4.69, 9.17) is 23.2 Å². The Labute approximate surface area is 227 Å². The fourth-order valence-electron chi connectivity index (χ4n) is 4.74. The van der Waals surface area contributed by atoms with Gasteiger partial charge in [0, 0.05) is 16.6 Å². The highest BCUT2D eigenvalue weighted by Crippen LogP contribution is 2.44. The van der Waals surface area contributed by atoms with Crippen molar-refractivity contribution < 1.29 is 14.7 Å². The summed E-state index contributed by atoms with van der Waals surface area (Å²) in [7, 11) is 0. The van der Waals surface area contributed by atoms with Gasteiger partial charge in [-0.25, -0.2) is 0 Å². The maximum Gasteiger partial charge on any atom is 0.313 e. The van der Waals surface area contributed by atoms with Crippen molar-refractivity contribution in [2.75, 3.05) is 0 Å². The molecule has 0 bridgehead atoms. The summed E-state index contributed by atoms with van der Waals surface area (Å²) in [6, 6.07) is 27.1. The number of benzene rings is 4. The van der Waals surface area contributed by atoms with Crippen LogP contribution < -0.4 is 0 Å². The lowest BCUT2D eigenvalue weighted by molar-refractivity contribution is -0.140. The molecule has 0 fully saturated rings. The fourth-order valence-corrected chi connectivity index (χ4v) is 5.30. The van der Waals surface area contributed by atoms with Gasteiger partial charge >= 0.3 is 5.97 Å². The normalized spacial score (nSPS) is 17.1. The zero-order chi connectivity index (χ0) is 25.4. The molecule has 0 radical (unpaired) electrons. The number of carbonyl (C=O) groups is 2. The van der Waals surface area contributed by atoms with Gasteiger partial charge in [0.1, 0.15) is 5.92 Å². The van der Waals surface area contributed by atoms with Crippen LogP contribution in [0.5, 0.6) is 0 Å². The molecule has 4 nitrogen and oxygen atoms in total. The van der Waals surface area contributed by atoms with E-state index >= 15 is 0 Å². The van der Waals surface area contributed by atoms with Crippen molar-refractivity contribution in [1.29, 1.82) is 0 Å². The predicted molar refractivity (Wildman–Crippen MR) is 145 cm³/mol. The van der Waals surface area contributed by atoms with E-state index in [1.165, 1.54) is 0 Å². The van der Waals surface area contributed by atoms with Crippen LogP contribution in [0.25, 0.3) is 11.1 Å². The van der Waals surface area contributed by atoms with Crippen LogP contribution in [0.4, 0.5) is 0 Å². The Morgan fingerprint density at radius 3 is 2.19 bits per heavy atom. The minimum absolute atomic E-state index is 0.190. The van der Waals surface area contributed by atoms with E-state index in [-0.39, 0.29) is 12.5 Å². The van der Waals surface area contributed by atoms with Crippen LogP contribution in [0.2, 0.25) is 10.0 Å². The molecule has 0 aromatic heterocycles. The Kier molecular flexibility index (Phi) is 6.89. The van der Waals surface area contributed by atoms with E-state index in [1.54, 1.807) is 35.2 Å². The number of carboxylic acids is 1. The summed E-state index contributed by atoms with van der Waals surface area (Å²) in [5.74, 6) is -2.05. The summed E-state index contributed by atoms with van der Waals surface area (Å²) >= 11 is 15.7. The SMILES string of the molecule is O=C(O)C1c2ccccc2C(=O)N(Cc2ccc(-c3ccc(Cl)c(Cl)c3)cc2)C1c1ccc(Br)cc1. The molecule has 2 unspecified atom stereocenters. The molecule has 0 spiro atoms. The summed E-state index contributed by atoms with van der Waals surface area (Å²) in [6.45, 7) is 0.263. The van der Waals surface area contributed by atoms with Crippen LogP contribution in [-0.4, -0.2) is 21.9 Å². The summed E-state index contributed by atoms with van der Waals surface area (Å²) < 4.78 is 0.880. The quantitative estimate of drug-likeness (QED) is 0.260. The number of hydrogen-bond donors (Lipinski definition) is 1. The van der Waals surface area contributed by atoms with Crippen LogP contribution in [0.15, 0.2) is 95.5 Å². The third-order valence-corrected chi connectivity index (χ3v) is 7.74. The van der Waals surface area contributed by atoms with Gasteiger partial charge in [-0.3, -0.25) is 9.59 Å². The van der Waals surface area contributed by atoms with Gasteiger partial charge in [0.25, 0.3) is 5.91 Å². The molecule has 4 aromatic rings. The fraction of sp³-hybridized carbons (Fsp3) is 0.103. The van der Waals surface area contributed by atoms with E-state index < -0.39 is 17.9 Å². The molecular formula is C29H20BrCl2NO3. The molecule has 1 aliphatic heterocycles. The summed E-state index contributed by atoms with van der Waals surface area (Å²) in [6.07, 6.45) is 0. The van der Waals surface area contributed by atoms with Crippen LogP contribution in [0.3, 0.4) is 0 Å². The second kappa shape index (κ2) is 10.1. The van der Waals surface area contributed by atoms with Crippen molar-refractivity contribution in [1.82, 2.24) is 4.90 Å². The monoisotopic (exact) mass is 579 g/mol.